The van der Waals surface area contributed by atoms with Gasteiger partial charge in [0.05, 0.1) is 6.54 Å². The molecule has 0 bridgehead atoms. The number of nitrogens with one attached hydrogen (secondary N) is 3. The lowest BCUT2D eigenvalue weighted by atomic mass is 10.1. The summed E-state index contributed by atoms with van der Waals surface area (Å²) in [5, 5.41) is 8.87. The van der Waals surface area contributed by atoms with Crippen molar-refractivity contribution in [2.24, 2.45) is 5.92 Å². The highest BCUT2D eigenvalue weighted by molar-refractivity contribution is 5.96. The first kappa shape index (κ1) is 19.5. The fraction of sp³-hybridized carbons (Fsp3) is 0.529. The third-order valence-electron chi connectivity index (χ3n) is 3.33. The second-order valence-corrected chi connectivity index (χ2v) is 6.90. The fourth-order valence-corrected chi connectivity index (χ4v) is 2.03. The van der Waals surface area contributed by atoms with E-state index in [4.69, 9.17) is 0 Å². The lowest BCUT2D eigenvalue weighted by Gasteiger charge is -2.20. The second kappa shape index (κ2) is 8.31. The van der Waals surface area contributed by atoms with Gasteiger partial charge in [-0.3, -0.25) is 9.59 Å². The van der Waals surface area contributed by atoms with Gasteiger partial charge < -0.3 is 16.0 Å². The fourth-order valence-electron chi connectivity index (χ4n) is 2.03. The second-order valence-electron chi connectivity index (χ2n) is 6.90. The third kappa shape index (κ3) is 7.48. The summed E-state index contributed by atoms with van der Waals surface area (Å²) in [4.78, 5) is 23.8. The molecule has 0 unspecified atom stereocenters. The molecule has 1 aliphatic carbocycles. The minimum absolute atomic E-state index is 0. The van der Waals surface area contributed by atoms with Crippen molar-refractivity contribution in [1.29, 1.82) is 0 Å². The summed E-state index contributed by atoms with van der Waals surface area (Å²) in [5.74, 6) is 0.581. The van der Waals surface area contributed by atoms with Crippen molar-refractivity contribution in [2.45, 2.75) is 39.2 Å². The average molecular weight is 340 g/mol. The molecule has 0 spiro atoms. The first-order valence-electron chi connectivity index (χ1n) is 7.77. The molecule has 23 heavy (non-hydrogen) atoms. The van der Waals surface area contributed by atoms with E-state index in [2.05, 4.69) is 16.0 Å². The zero-order valence-corrected chi connectivity index (χ0v) is 14.8. The van der Waals surface area contributed by atoms with Crippen molar-refractivity contribution in [3.8, 4) is 0 Å². The quantitative estimate of drug-likeness (QED) is 0.746. The van der Waals surface area contributed by atoms with E-state index in [-0.39, 0.29) is 29.8 Å². The Morgan fingerprint density at radius 3 is 2.26 bits per heavy atom. The van der Waals surface area contributed by atoms with Crippen LogP contribution >= 0.6 is 12.4 Å². The minimum Gasteiger partial charge on any atom is -0.347 e. The summed E-state index contributed by atoms with van der Waals surface area (Å²) < 4.78 is 0. The van der Waals surface area contributed by atoms with Gasteiger partial charge in [0.2, 0.25) is 5.91 Å². The Labute approximate surface area is 144 Å². The van der Waals surface area contributed by atoms with Crippen molar-refractivity contribution < 1.29 is 9.59 Å². The first-order valence-corrected chi connectivity index (χ1v) is 7.77. The van der Waals surface area contributed by atoms with Crippen molar-refractivity contribution in [1.82, 2.24) is 10.6 Å². The van der Waals surface area contributed by atoms with Crippen LogP contribution in [0.1, 0.15) is 44.0 Å². The van der Waals surface area contributed by atoms with Gasteiger partial charge in [-0.25, -0.2) is 0 Å². The van der Waals surface area contributed by atoms with Gasteiger partial charge in [-0.2, -0.15) is 0 Å². The van der Waals surface area contributed by atoms with Gasteiger partial charge in [-0.1, -0.05) is 0 Å². The van der Waals surface area contributed by atoms with E-state index in [1.54, 1.807) is 24.3 Å². The molecule has 0 saturated heterocycles. The number of amides is 2. The first-order chi connectivity index (χ1) is 10.3. The molecule has 1 aromatic rings. The standard InChI is InChI=1S/C17H25N3O2.ClH/c1-17(2,3)20-16(22)13-6-8-14(9-7-13)19-15(21)11-18-10-12-4-5-12;/h6-9,12,18H,4-5,10-11H2,1-3H3,(H,19,21)(H,20,22);1H. The van der Waals surface area contributed by atoms with Crippen LogP contribution in [-0.2, 0) is 4.79 Å². The normalized spacial score (nSPS) is 13.9. The van der Waals surface area contributed by atoms with E-state index in [1.807, 2.05) is 20.8 Å². The highest BCUT2D eigenvalue weighted by atomic mass is 35.5. The molecule has 2 rings (SSSR count). The molecule has 1 aromatic carbocycles. The number of halogens is 1. The van der Waals surface area contributed by atoms with Crippen LogP contribution < -0.4 is 16.0 Å². The number of anilines is 1. The largest absolute Gasteiger partial charge is 0.347 e. The Balaban J connectivity index is 0.00000264. The molecule has 1 aliphatic rings. The van der Waals surface area contributed by atoms with E-state index in [0.717, 1.165) is 12.5 Å². The maximum Gasteiger partial charge on any atom is 0.251 e. The predicted molar refractivity (Wildman–Crippen MR) is 95.1 cm³/mol. The van der Waals surface area contributed by atoms with E-state index in [1.165, 1.54) is 12.8 Å². The van der Waals surface area contributed by atoms with Crippen molar-refractivity contribution in [3.05, 3.63) is 29.8 Å². The van der Waals surface area contributed by atoms with Gasteiger partial charge in [-0.05, 0) is 70.3 Å². The summed E-state index contributed by atoms with van der Waals surface area (Å²) in [6.45, 7) is 7.05. The molecular weight excluding hydrogens is 314 g/mol. The van der Waals surface area contributed by atoms with Crippen LogP contribution in [-0.4, -0.2) is 30.4 Å². The van der Waals surface area contributed by atoms with Crippen LogP contribution in [0.2, 0.25) is 0 Å². The maximum absolute atomic E-state index is 12.0. The van der Waals surface area contributed by atoms with Gasteiger partial charge >= 0.3 is 0 Å². The van der Waals surface area contributed by atoms with E-state index in [9.17, 15) is 9.59 Å². The predicted octanol–water partition coefficient (Wildman–Crippen LogP) is 2.57. The Morgan fingerprint density at radius 2 is 1.74 bits per heavy atom. The van der Waals surface area contributed by atoms with Crippen LogP contribution in [0.5, 0.6) is 0 Å². The zero-order chi connectivity index (χ0) is 16.2. The van der Waals surface area contributed by atoms with Crippen LogP contribution in [0.3, 0.4) is 0 Å². The van der Waals surface area contributed by atoms with Gasteiger partial charge in [0.15, 0.2) is 0 Å². The number of carbonyl (C=O) groups excluding carboxylic acids is 2. The number of carbonyl (C=O) groups is 2. The number of hydrogen-bond donors (Lipinski definition) is 3. The Hall–Kier alpha value is -1.59. The number of hydrogen-bond acceptors (Lipinski definition) is 3. The lowest BCUT2D eigenvalue weighted by Crippen LogP contribution is -2.40. The van der Waals surface area contributed by atoms with Gasteiger partial charge in [0.1, 0.15) is 0 Å². The molecular formula is C17H26ClN3O2. The Kier molecular flexibility index (Phi) is 7.03. The Morgan fingerprint density at radius 1 is 1.13 bits per heavy atom. The average Bonchev–Trinajstić information content (AvgIpc) is 3.21. The van der Waals surface area contributed by atoms with Gasteiger partial charge in [0, 0.05) is 16.8 Å². The van der Waals surface area contributed by atoms with E-state index >= 15 is 0 Å². The molecule has 0 atom stereocenters. The molecule has 2 amide bonds. The molecule has 5 nitrogen and oxygen atoms in total. The molecule has 3 N–H and O–H groups in total. The van der Waals surface area contributed by atoms with E-state index < -0.39 is 0 Å². The lowest BCUT2D eigenvalue weighted by molar-refractivity contribution is -0.115. The molecule has 1 fully saturated rings. The third-order valence-corrected chi connectivity index (χ3v) is 3.33. The highest BCUT2D eigenvalue weighted by Crippen LogP contribution is 2.27. The zero-order valence-electron chi connectivity index (χ0n) is 13.9. The van der Waals surface area contributed by atoms with Crippen LogP contribution in [0.4, 0.5) is 5.69 Å². The molecule has 128 valence electrons. The molecule has 0 radical (unpaired) electrons. The van der Waals surface area contributed by atoms with Crippen molar-refractivity contribution in [3.63, 3.8) is 0 Å². The number of benzene rings is 1. The van der Waals surface area contributed by atoms with Crippen molar-refractivity contribution >= 4 is 29.9 Å². The molecule has 6 heteroatoms. The van der Waals surface area contributed by atoms with Crippen LogP contribution in [0.25, 0.3) is 0 Å². The SMILES string of the molecule is CC(C)(C)NC(=O)c1ccc(NC(=O)CNCC2CC2)cc1.Cl. The monoisotopic (exact) mass is 339 g/mol. The summed E-state index contributed by atoms with van der Waals surface area (Å²) in [6.07, 6.45) is 2.54. The summed E-state index contributed by atoms with van der Waals surface area (Å²) in [5.41, 5.74) is 1.02. The molecule has 0 aliphatic heterocycles. The highest BCUT2D eigenvalue weighted by Gasteiger charge is 2.20. The van der Waals surface area contributed by atoms with Gasteiger partial charge in [-0.15, -0.1) is 12.4 Å². The maximum atomic E-state index is 12.0. The topological polar surface area (TPSA) is 70.2 Å². The van der Waals surface area contributed by atoms with Crippen LogP contribution in [0, 0.1) is 5.92 Å². The Bertz CT molecular complexity index is 534. The van der Waals surface area contributed by atoms with Gasteiger partial charge in [0.25, 0.3) is 5.91 Å². The summed E-state index contributed by atoms with van der Waals surface area (Å²) in [7, 11) is 0. The molecule has 1 saturated carbocycles. The number of rotatable bonds is 6. The summed E-state index contributed by atoms with van der Waals surface area (Å²) in [6, 6.07) is 6.93. The molecule has 0 heterocycles. The van der Waals surface area contributed by atoms with E-state index in [0.29, 0.717) is 17.8 Å². The molecule has 0 aromatic heterocycles. The minimum atomic E-state index is -0.267. The van der Waals surface area contributed by atoms with Crippen LogP contribution in [0.15, 0.2) is 24.3 Å². The smallest absolute Gasteiger partial charge is 0.251 e. The summed E-state index contributed by atoms with van der Waals surface area (Å²) >= 11 is 0. The van der Waals surface area contributed by atoms with Crippen molar-refractivity contribution in [2.75, 3.05) is 18.4 Å².